The molecule has 0 N–H and O–H groups in total. The van der Waals surface area contributed by atoms with Gasteiger partial charge in [-0.3, -0.25) is 0 Å². The van der Waals surface area contributed by atoms with Gasteiger partial charge in [-0.25, -0.2) is 9.97 Å². The van der Waals surface area contributed by atoms with Crippen molar-refractivity contribution in [2.24, 2.45) is 0 Å². The van der Waals surface area contributed by atoms with Gasteiger partial charge < -0.3 is 14.4 Å². The van der Waals surface area contributed by atoms with Crippen LogP contribution in [-0.4, -0.2) is 43.2 Å². The van der Waals surface area contributed by atoms with E-state index in [2.05, 4.69) is 26.0 Å². The van der Waals surface area contributed by atoms with Gasteiger partial charge >= 0.3 is 6.18 Å². The monoisotopic (exact) mass is 351 g/mol. The second-order valence-electron chi connectivity index (χ2n) is 6.68. The third-order valence-corrected chi connectivity index (χ3v) is 4.62. The van der Waals surface area contributed by atoms with Crippen LogP contribution in [0.4, 0.5) is 13.2 Å². The van der Waals surface area contributed by atoms with Crippen LogP contribution in [0.5, 0.6) is 0 Å². The molecule has 0 aromatic carbocycles. The molecular weight excluding hydrogens is 331 g/mol. The normalized spacial score (nSPS) is 17.9. The van der Waals surface area contributed by atoms with Crippen molar-refractivity contribution in [3.63, 3.8) is 0 Å². The fourth-order valence-electron chi connectivity index (χ4n) is 3.23. The Morgan fingerprint density at radius 1 is 1.20 bits per heavy atom. The van der Waals surface area contributed by atoms with Crippen LogP contribution < -0.4 is 0 Å². The van der Waals surface area contributed by atoms with E-state index >= 15 is 0 Å². The van der Waals surface area contributed by atoms with Crippen LogP contribution in [0, 0.1) is 0 Å². The molecule has 1 fully saturated rings. The Bertz CT molecular complexity index is 778. The molecule has 4 rings (SSSR count). The van der Waals surface area contributed by atoms with Crippen molar-refractivity contribution in [3.05, 3.63) is 36.6 Å². The standard InChI is InChI=1S/C17H20F3N5/c18-17(19,20)6-2-8-25-14-3-1-7-21-16(14)22-15(25)11-23-9-10-24(12-23)13-4-5-13/h1,3,7,9-10,13H,2,4-6,8,11-12H2. The van der Waals surface area contributed by atoms with E-state index in [-0.39, 0.29) is 6.42 Å². The molecule has 1 saturated carbocycles. The highest BCUT2D eigenvalue weighted by Crippen LogP contribution is 2.30. The molecule has 0 amide bonds. The molecule has 0 bridgehead atoms. The van der Waals surface area contributed by atoms with Gasteiger partial charge in [0.15, 0.2) is 5.65 Å². The highest BCUT2D eigenvalue weighted by atomic mass is 19.4. The zero-order chi connectivity index (χ0) is 17.4. The van der Waals surface area contributed by atoms with Crippen LogP contribution in [0.3, 0.4) is 0 Å². The summed E-state index contributed by atoms with van der Waals surface area (Å²) < 4.78 is 39.3. The number of hydrogen-bond donors (Lipinski definition) is 0. The first-order valence-corrected chi connectivity index (χ1v) is 8.54. The van der Waals surface area contributed by atoms with Crippen molar-refractivity contribution in [3.8, 4) is 0 Å². The first-order chi connectivity index (χ1) is 12.0. The second-order valence-corrected chi connectivity index (χ2v) is 6.68. The smallest absolute Gasteiger partial charge is 0.356 e. The maximum Gasteiger partial charge on any atom is 0.389 e. The lowest BCUT2D eigenvalue weighted by Gasteiger charge is -2.21. The molecule has 25 heavy (non-hydrogen) atoms. The number of imidazole rings is 1. The number of fused-ring (bicyclic) bond motifs is 1. The zero-order valence-corrected chi connectivity index (χ0v) is 13.8. The van der Waals surface area contributed by atoms with Crippen LogP contribution in [0.15, 0.2) is 30.7 Å². The van der Waals surface area contributed by atoms with E-state index in [0.717, 1.165) is 18.0 Å². The summed E-state index contributed by atoms with van der Waals surface area (Å²) in [6, 6.07) is 4.30. The largest absolute Gasteiger partial charge is 0.389 e. The van der Waals surface area contributed by atoms with Crippen molar-refractivity contribution < 1.29 is 13.2 Å². The fraction of sp³-hybridized carbons (Fsp3) is 0.529. The van der Waals surface area contributed by atoms with Gasteiger partial charge in [-0.05, 0) is 31.4 Å². The van der Waals surface area contributed by atoms with Gasteiger partial charge in [0.2, 0.25) is 0 Å². The Kier molecular flexibility index (Phi) is 4.05. The third-order valence-electron chi connectivity index (χ3n) is 4.62. The van der Waals surface area contributed by atoms with Crippen molar-refractivity contribution in [2.45, 2.75) is 51.0 Å². The molecule has 0 radical (unpaired) electrons. The van der Waals surface area contributed by atoms with E-state index < -0.39 is 12.6 Å². The van der Waals surface area contributed by atoms with Gasteiger partial charge in [0, 0.05) is 37.6 Å². The minimum Gasteiger partial charge on any atom is -0.356 e. The van der Waals surface area contributed by atoms with Crippen LogP contribution in [-0.2, 0) is 13.1 Å². The van der Waals surface area contributed by atoms with Crippen molar-refractivity contribution in [1.29, 1.82) is 0 Å². The van der Waals surface area contributed by atoms with Crippen molar-refractivity contribution >= 4 is 11.2 Å². The average molecular weight is 351 g/mol. The number of aryl methyl sites for hydroxylation is 1. The number of aromatic nitrogens is 3. The highest BCUT2D eigenvalue weighted by molar-refractivity contribution is 5.71. The molecule has 2 aromatic heterocycles. The van der Waals surface area contributed by atoms with Gasteiger partial charge in [-0.1, -0.05) is 0 Å². The Labute approximate surface area is 143 Å². The van der Waals surface area contributed by atoms with Crippen LogP contribution >= 0.6 is 0 Å². The molecule has 1 aliphatic carbocycles. The summed E-state index contributed by atoms with van der Waals surface area (Å²) in [4.78, 5) is 13.2. The summed E-state index contributed by atoms with van der Waals surface area (Å²) in [5.74, 6) is 0.762. The molecule has 8 heteroatoms. The summed E-state index contributed by atoms with van der Waals surface area (Å²) in [6.07, 6.45) is 3.38. The van der Waals surface area contributed by atoms with Gasteiger partial charge in [0.1, 0.15) is 5.82 Å². The van der Waals surface area contributed by atoms with E-state index in [4.69, 9.17) is 0 Å². The van der Waals surface area contributed by atoms with Crippen molar-refractivity contribution in [2.75, 3.05) is 6.67 Å². The first kappa shape index (κ1) is 16.2. The first-order valence-electron chi connectivity index (χ1n) is 8.54. The molecule has 0 saturated heterocycles. The zero-order valence-electron chi connectivity index (χ0n) is 13.8. The molecule has 0 atom stereocenters. The Hall–Kier alpha value is -2.25. The molecule has 0 unspecified atom stereocenters. The predicted molar refractivity (Wildman–Crippen MR) is 87.2 cm³/mol. The van der Waals surface area contributed by atoms with Gasteiger partial charge in [0.25, 0.3) is 0 Å². The van der Waals surface area contributed by atoms with E-state index in [0.29, 0.717) is 24.8 Å². The summed E-state index contributed by atoms with van der Waals surface area (Å²) in [6.45, 7) is 1.67. The lowest BCUT2D eigenvalue weighted by molar-refractivity contribution is -0.135. The number of alkyl halides is 3. The van der Waals surface area contributed by atoms with E-state index in [9.17, 15) is 13.2 Å². The molecule has 0 spiro atoms. The quantitative estimate of drug-likeness (QED) is 0.798. The summed E-state index contributed by atoms with van der Waals surface area (Å²) in [7, 11) is 0. The lowest BCUT2D eigenvalue weighted by Crippen LogP contribution is -2.27. The number of pyridine rings is 1. The molecule has 2 aromatic rings. The molecule has 5 nitrogen and oxygen atoms in total. The number of halogens is 3. The Morgan fingerprint density at radius 3 is 2.80 bits per heavy atom. The van der Waals surface area contributed by atoms with Crippen LogP contribution in [0.2, 0.25) is 0 Å². The molecule has 2 aliphatic rings. The fourth-order valence-corrected chi connectivity index (χ4v) is 3.23. The number of hydrogen-bond acceptors (Lipinski definition) is 4. The third kappa shape index (κ3) is 3.72. The summed E-state index contributed by atoms with van der Waals surface area (Å²) in [5, 5.41) is 0. The highest BCUT2D eigenvalue weighted by Gasteiger charge is 2.30. The maximum absolute atomic E-state index is 12.5. The summed E-state index contributed by atoms with van der Waals surface area (Å²) in [5.41, 5.74) is 1.38. The maximum atomic E-state index is 12.5. The van der Waals surface area contributed by atoms with Gasteiger partial charge in [0.05, 0.1) is 18.7 Å². The molecular formula is C17H20F3N5. The lowest BCUT2D eigenvalue weighted by atomic mass is 10.3. The molecule has 134 valence electrons. The average Bonchev–Trinajstić information content (AvgIpc) is 3.21. The topological polar surface area (TPSA) is 37.2 Å². The minimum atomic E-state index is -4.13. The summed E-state index contributed by atoms with van der Waals surface area (Å²) >= 11 is 0. The van der Waals surface area contributed by atoms with Crippen LogP contribution in [0.1, 0.15) is 31.5 Å². The second kappa shape index (κ2) is 6.24. The van der Waals surface area contributed by atoms with Crippen LogP contribution in [0.25, 0.3) is 11.2 Å². The molecule has 3 heterocycles. The predicted octanol–water partition coefficient (Wildman–Crippen LogP) is 3.48. The van der Waals surface area contributed by atoms with Gasteiger partial charge in [-0.15, -0.1) is 0 Å². The van der Waals surface area contributed by atoms with E-state index in [1.807, 2.05) is 16.8 Å². The van der Waals surface area contributed by atoms with Crippen molar-refractivity contribution in [1.82, 2.24) is 24.3 Å². The number of nitrogens with zero attached hydrogens (tertiary/aromatic N) is 5. The number of rotatable bonds is 6. The van der Waals surface area contributed by atoms with E-state index in [1.54, 1.807) is 12.3 Å². The SMILES string of the molecule is FC(F)(F)CCCn1c(CN2C=CN(C3CC3)C2)nc2ncccc21. The Morgan fingerprint density at radius 2 is 2.04 bits per heavy atom. The van der Waals surface area contributed by atoms with E-state index in [1.165, 1.54) is 12.8 Å². The minimum absolute atomic E-state index is 0.0426. The van der Waals surface area contributed by atoms with Gasteiger partial charge in [-0.2, -0.15) is 13.2 Å². The Balaban J connectivity index is 1.51. The molecule has 1 aliphatic heterocycles.